The fraction of sp³-hybridized carbons (Fsp3) is 0.667. The smallest absolute Gasteiger partial charge is 0.246 e. The first-order valence-corrected chi connectivity index (χ1v) is 6.08. The van der Waals surface area contributed by atoms with E-state index in [-0.39, 0.29) is 18.6 Å². The monoisotopic (exact) mass is 237 g/mol. The number of carbonyl (C=O) groups excluding carboxylic acids is 1. The predicted octanol–water partition coefficient (Wildman–Crippen LogP) is 0.659. The summed E-state index contributed by atoms with van der Waals surface area (Å²) in [5.41, 5.74) is 1.04. The van der Waals surface area contributed by atoms with Crippen LogP contribution in [0.5, 0.6) is 0 Å². The molecule has 0 aromatic carbocycles. The van der Waals surface area contributed by atoms with Crippen molar-refractivity contribution in [1.82, 2.24) is 14.9 Å². The van der Waals surface area contributed by atoms with Gasteiger partial charge in [0.2, 0.25) is 5.91 Å². The number of carbonyl (C=O) groups is 1. The second-order valence-electron chi connectivity index (χ2n) is 4.39. The molecule has 0 saturated heterocycles. The molecule has 0 saturated carbocycles. The Morgan fingerprint density at radius 2 is 2.53 bits per heavy atom. The Kier molecular flexibility index (Phi) is 3.78. The molecule has 0 fully saturated rings. The minimum absolute atomic E-state index is 0.0304. The molecule has 0 aliphatic carbocycles. The Hall–Kier alpha value is -1.36. The van der Waals surface area contributed by atoms with Gasteiger partial charge in [0.1, 0.15) is 12.4 Å². The number of ether oxygens (including phenoxy) is 1. The van der Waals surface area contributed by atoms with Crippen molar-refractivity contribution in [2.75, 3.05) is 13.2 Å². The summed E-state index contributed by atoms with van der Waals surface area (Å²) in [5.74, 6) is 1.09. The second-order valence-corrected chi connectivity index (χ2v) is 4.39. The molecule has 1 aromatic heterocycles. The highest BCUT2D eigenvalue weighted by Crippen LogP contribution is 2.14. The number of imidazole rings is 1. The molecule has 1 N–H and O–H groups in total. The zero-order valence-electron chi connectivity index (χ0n) is 10.4. The van der Waals surface area contributed by atoms with Crippen LogP contribution in [0.25, 0.3) is 0 Å². The van der Waals surface area contributed by atoms with Gasteiger partial charge in [0.25, 0.3) is 0 Å². The number of fused-ring (bicyclic) bond motifs is 1. The SMILES string of the molecule is CCOCC(=O)N[C@H]1CCc2nc(C)cn2C1. The van der Waals surface area contributed by atoms with E-state index in [2.05, 4.69) is 14.9 Å². The van der Waals surface area contributed by atoms with E-state index >= 15 is 0 Å². The molecule has 1 aromatic rings. The van der Waals surface area contributed by atoms with Gasteiger partial charge in [-0.3, -0.25) is 4.79 Å². The lowest BCUT2D eigenvalue weighted by molar-refractivity contribution is -0.126. The molecule has 1 atom stereocenters. The van der Waals surface area contributed by atoms with Crippen molar-refractivity contribution in [3.8, 4) is 0 Å². The van der Waals surface area contributed by atoms with E-state index in [0.717, 1.165) is 30.9 Å². The Bertz CT molecular complexity index is 400. The number of hydrogen-bond donors (Lipinski definition) is 1. The van der Waals surface area contributed by atoms with Gasteiger partial charge in [0.15, 0.2) is 0 Å². The third-order valence-corrected chi connectivity index (χ3v) is 2.92. The summed E-state index contributed by atoms with van der Waals surface area (Å²) in [6.45, 7) is 5.42. The molecular weight excluding hydrogens is 218 g/mol. The summed E-state index contributed by atoms with van der Waals surface area (Å²) in [5, 5.41) is 2.99. The van der Waals surface area contributed by atoms with E-state index < -0.39 is 0 Å². The highest BCUT2D eigenvalue weighted by molar-refractivity contribution is 5.77. The van der Waals surface area contributed by atoms with Crippen LogP contribution in [0.1, 0.15) is 24.9 Å². The molecule has 0 spiro atoms. The minimum atomic E-state index is -0.0304. The van der Waals surface area contributed by atoms with E-state index in [1.165, 1.54) is 0 Å². The highest BCUT2D eigenvalue weighted by atomic mass is 16.5. The normalized spacial score (nSPS) is 18.8. The molecule has 94 valence electrons. The number of nitrogens with zero attached hydrogens (tertiary/aromatic N) is 2. The molecule has 2 heterocycles. The van der Waals surface area contributed by atoms with E-state index in [1.807, 2.05) is 20.0 Å². The Morgan fingerprint density at radius 1 is 1.71 bits per heavy atom. The van der Waals surface area contributed by atoms with Gasteiger partial charge < -0.3 is 14.6 Å². The van der Waals surface area contributed by atoms with Crippen molar-refractivity contribution in [2.24, 2.45) is 0 Å². The molecule has 1 aliphatic rings. The highest BCUT2D eigenvalue weighted by Gasteiger charge is 2.20. The zero-order chi connectivity index (χ0) is 12.3. The largest absolute Gasteiger partial charge is 0.372 e. The number of nitrogens with one attached hydrogen (secondary N) is 1. The summed E-state index contributed by atoms with van der Waals surface area (Å²) in [6, 6.07) is 0.198. The molecule has 1 aliphatic heterocycles. The fourth-order valence-corrected chi connectivity index (χ4v) is 2.17. The van der Waals surface area contributed by atoms with Crippen LogP contribution in [0.4, 0.5) is 0 Å². The summed E-state index contributed by atoms with van der Waals surface area (Å²) in [6.07, 6.45) is 3.91. The predicted molar refractivity (Wildman–Crippen MR) is 63.7 cm³/mol. The van der Waals surface area contributed by atoms with Gasteiger partial charge in [-0.25, -0.2) is 4.98 Å². The maximum Gasteiger partial charge on any atom is 0.246 e. The van der Waals surface area contributed by atoms with Gasteiger partial charge in [-0.2, -0.15) is 0 Å². The third-order valence-electron chi connectivity index (χ3n) is 2.92. The summed E-state index contributed by atoms with van der Waals surface area (Å²) in [7, 11) is 0. The van der Waals surface area contributed by atoms with E-state index in [4.69, 9.17) is 4.74 Å². The summed E-state index contributed by atoms with van der Waals surface area (Å²) >= 11 is 0. The maximum absolute atomic E-state index is 11.5. The van der Waals surface area contributed by atoms with Crippen LogP contribution in [0, 0.1) is 6.92 Å². The topological polar surface area (TPSA) is 56.1 Å². The van der Waals surface area contributed by atoms with Gasteiger partial charge in [-0.1, -0.05) is 0 Å². The quantitative estimate of drug-likeness (QED) is 0.837. The van der Waals surface area contributed by atoms with Crippen molar-refractivity contribution >= 4 is 5.91 Å². The van der Waals surface area contributed by atoms with Crippen LogP contribution in [-0.4, -0.2) is 34.7 Å². The van der Waals surface area contributed by atoms with Crippen LogP contribution in [0.3, 0.4) is 0 Å². The van der Waals surface area contributed by atoms with E-state index in [1.54, 1.807) is 0 Å². The number of hydrogen-bond acceptors (Lipinski definition) is 3. The van der Waals surface area contributed by atoms with Gasteiger partial charge in [0, 0.05) is 31.8 Å². The number of aryl methyl sites for hydroxylation is 2. The third kappa shape index (κ3) is 3.06. The Balaban J connectivity index is 1.87. The number of rotatable bonds is 4. The maximum atomic E-state index is 11.5. The lowest BCUT2D eigenvalue weighted by Gasteiger charge is -2.24. The van der Waals surface area contributed by atoms with Crippen LogP contribution >= 0.6 is 0 Å². The Morgan fingerprint density at radius 3 is 3.29 bits per heavy atom. The first kappa shape index (κ1) is 12.1. The number of amides is 1. The van der Waals surface area contributed by atoms with Gasteiger partial charge >= 0.3 is 0 Å². The first-order chi connectivity index (χ1) is 8.19. The lowest BCUT2D eigenvalue weighted by Crippen LogP contribution is -2.42. The van der Waals surface area contributed by atoms with E-state index in [9.17, 15) is 4.79 Å². The minimum Gasteiger partial charge on any atom is -0.372 e. The molecule has 5 heteroatoms. The number of aromatic nitrogens is 2. The molecule has 0 bridgehead atoms. The van der Waals surface area contributed by atoms with Crippen molar-refractivity contribution in [3.63, 3.8) is 0 Å². The Labute approximate surface area is 101 Å². The lowest BCUT2D eigenvalue weighted by atomic mass is 10.1. The summed E-state index contributed by atoms with van der Waals surface area (Å²) < 4.78 is 7.21. The van der Waals surface area contributed by atoms with Gasteiger partial charge in [0.05, 0.1) is 5.69 Å². The van der Waals surface area contributed by atoms with E-state index in [0.29, 0.717) is 6.61 Å². The molecule has 0 radical (unpaired) electrons. The van der Waals surface area contributed by atoms with Crippen LogP contribution in [0.15, 0.2) is 6.20 Å². The molecule has 17 heavy (non-hydrogen) atoms. The van der Waals surface area contributed by atoms with Gasteiger partial charge in [-0.05, 0) is 20.3 Å². The molecule has 0 unspecified atom stereocenters. The van der Waals surface area contributed by atoms with Crippen molar-refractivity contribution in [1.29, 1.82) is 0 Å². The van der Waals surface area contributed by atoms with Crippen LogP contribution in [0.2, 0.25) is 0 Å². The second kappa shape index (κ2) is 5.31. The first-order valence-electron chi connectivity index (χ1n) is 6.08. The van der Waals surface area contributed by atoms with Crippen molar-refractivity contribution < 1.29 is 9.53 Å². The van der Waals surface area contributed by atoms with Crippen molar-refractivity contribution in [3.05, 3.63) is 17.7 Å². The summed E-state index contributed by atoms with van der Waals surface area (Å²) in [4.78, 5) is 16.0. The van der Waals surface area contributed by atoms with Crippen LogP contribution < -0.4 is 5.32 Å². The van der Waals surface area contributed by atoms with Crippen molar-refractivity contribution in [2.45, 2.75) is 39.3 Å². The fourth-order valence-electron chi connectivity index (χ4n) is 2.17. The van der Waals surface area contributed by atoms with Crippen LogP contribution in [-0.2, 0) is 22.5 Å². The average molecular weight is 237 g/mol. The standard InChI is InChI=1S/C12H19N3O2/c1-3-17-8-12(16)14-10-4-5-11-13-9(2)6-15(11)7-10/h6,10H,3-5,7-8H2,1-2H3,(H,14,16)/t10-/m0/s1. The molecular formula is C12H19N3O2. The molecule has 2 rings (SSSR count). The molecule has 5 nitrogen and oxygen atoms in total. The zero-order valence-corrected chi connectivity index (χ0v) is 10.4. The average Bonchev–Trinajstić information content (AvgIpc) is 2.65. The molecule has 1 amide bonds. The van der Waals surface area contributed by atoms with Gasteiger partial charge in [-0.15, -0.1) is 0 Å².